The second-order valence-electron chi connectivity index (χ2n) is 3.25. The molecule has 0 fully saturated rings. The standard InChI is InChI=1S/C12H13FN2O3/c1-2-18-8-7-14-11(16)12(17)15-10-5-3-9(13)4-6-10/h2-6H,1,7-8H2,(H,14,16)(H,15,17). The molecule has 0 bridgehead atoms. The average Bonchev–Trinajstić information content (AvgIpc) is 2.37. The van der Waals surface area contributed by atoms with Crippen molar-refractivity contribution in [1.29, 1.82) is 0 Å². The molecule has 0 aliphatic carbocycles. The number of nitrogens with one attached hydrogen (secondary N) is 2. The van der Waals surface area contributed by atoms with E-state index in [2.05, 4.69) is 17.2 Å². The quantitative estimate of drug-likeness (QED) is 0.467. The average molecular weight is 252 g/mol. The largest absolute Gasteiger partial charge is 0.500 e. The van der Waals surface area contributed by atoms with Crippen molar-refractivity contribution >= 4 is 17.5 Å². The van der Waals surface area contributed by atoms with E-state index in [1.807, 2.05) is 0 Å². The second-order valence-corrected chi connectivity index (χ2v) is 3.25. The maximum Gasteiger partial charge on any atom is 0.313 e. The van der Waals surface area contributed by atoms with Crippen molar-refractivity contribution in [3.63, 3.8) is 0 Å². The van der Waals surface area contributed by atoms with Crippen molar-refractivity contribution < 1.29 is 18.7 Å². The molecule has 0 radical (unpaired) electrons. The minimum Gasteiger partial charge on any atom is -0.500 e. The van der Waals surface area contributed by atoms with E-state index in [1.165, 1.54) is 30.5 Å². The number of halogens is 1. The molecule has 1 aromatic carbocycles. The van der Waals surface area contributed by atoms with Gasteiger partial charge in [-0.05, 0) is 24.3 Å². The van der Waals surface area contributed by atoms with E-state index in [4.69, 9.17) is 4.74 Å². The van der Waals surface area contributed by atoms with Crippen LogP contribution in [0.4, 0.5) is 10.1 Å². The highest BCUT2D eigenvalue weighted by Crippen LogP contribution is 2.07. The zero-order valence-corrected chi connectivity index (χ0v) is 9.61. The Morgan fingerprint density at radius 2 is 1.94 bits per heavy atom. The molecule has 0 unspecified atom stereocenters. The number of carbonyl (C=O) groups excluding carboxylic acids is 2. The van der Waals surface area contributed by atoms with Crippen LogP contribution in [0.2, 0.25) is 0 Å². The molecule has 18 heavy (non-hydrogen) atoms. The number of carbonyl (C=O) groups is 2. The van der Waals surface area contributed by atoms with Gasteiger partial charge in [0.1, 0.15) is 12.4 Å². The molecule has 0 heterocycles. The smallest absolute Gasteiger partial charge is 0.313 e. The van der Waals surface area contributed by atoms with Gasteiger partial charge in [-0.2, -0.15) is 0 Å². The molecular formula is C12H13FN2O3. The van der Waals surface area contributed by atoms with Crippen LogP contribution in [0.5, 0.6) is 0 Å². The molecule has 1 rings (SSSR count). The predicted molar refractivity (Wildman–Crippen MR) is 64.2 cm³/mol. The highest BCUT2D eigenvalue weighted by Gasteiger charge is 2.12. The first kappa shape index (κ1) is 13.7. The highest BCUT2D eigenvalue weighted by molar-refractivity contribution is 6.39. The van der Waals surface area contributed by atoms with Gasteiger partial charge >= 0.3 is 11.8 Å². The van der Waals surface area contributed by atoms with Crippen molar-refractivity contribution in [3.8, 4) is 0 Å². The summed E-state index contributed by atoms with van der Waals surface area (Å²) in [6.07, 6.45) is 1.24. The number of benzene rings is 1. The lowest BCUT2D eigenvalue weighted by molar-refractivity contribution is -0.136. The number of amides is 2. The van der Waals surface area contributed by atoms with Gasteiger partial charge < -0.3 is 15.4 Å². The monoisotopic (exact) mass is 252 g/mol. The van der Waals surface area contributed by atoms with Crippen LogP contribution < -0.4 is 10.6 Å². The lowest BCUT2D eigenvalue weighted by Crippen LogP contribution is -2.37. The van der Waals surface area contributed by atoms with Crippen molar-refractivity contribution in [3.05, 3.63) is 42.9 Å². The summed E-state index contributed by atoms with van der Waals surface area (Å²) < 4.78 is 17.4. The van der Waals surface area contributed by atoms with Crippen molar-refractivity contribution in [2.24, 2.45) is 0 Å². The molecule has 96 valence electrons. The maximum absolute atomic E-state index is 12.6. The fourth-order valence-electron chi connectivity index (χ4n) is 1.11. The van der Waals surface area contributed by atoms with Gasteiger partial charge in [-0.25, -0.2) is 4.39 Å². The zero-order chi connectivity index (χ0) is 13.4. The molecule has 2 amide bonds. The molecule has 5 nitrogen and oxygen atoms in total. The highest BCUT2D eigenvalue weighted by atomic mass is 19.1. The molecule has 0 saturated carbocycles. The number of ether oxygens (including phenoxy) is 1. The van der Waals surface area contributed by atoms with E-state index >= 15 is 0 Å². The Morgan fingerprint density at radius 1 is 1.28 bits per heavy atom. The summed E-state index contributed by atoms with van der Waals surface area (Å²) in [7, 11) is 0. The molecule has 0 spiro atoms. The van der Waals surface area contributed by atoms with Gasteiger partial charge in [0.15, 0.2) is 0 Å². The van der Waals surface area contributed by atoms with E-state index in [0.717, 1.165) is 0 Å². The minimum absolute atomic E-state index is 0.196. The number of hydrogen-bond acceptors (Lipinski definition) is 3. The van der Waals surface area contributed by atoms with Gasteiger partial charge in [-0.1, -0.05) is 6.58 Å². The van der Waals surface area contributed by atoms with E-state index in [9.17, 15) is 14.0 Å². The summed E-state index contributed by atoms with van der Waals surface area (Å²) in [5.41, 5.74) is 0.346. The Hall–Kier alpha value is -2.37. The third-order valence-electron chi connectivity index (χ3n) is 1.93. The van der Waals surface area contributed by atoms with E-state index in [-0.39, 0.29) is 13.2 Å². The van der Waals surface area contributed by atoms with E-state index in [1.54, 1.807) is 0 Å². The third kappa shape index (κ3) is 4.65. The second kappa shape index (κ2) is 7.05. The van der Waals surface area contributed by atoms with Crippen molar-refractivity contribution in [2.45, 2.75) is 0 Å². The fraction of sp³-hybridized carbons (Fsp3) is 0.167. The van der Waals surface area contributed by atoms with Crippen LogP contribution in [0.3, 0.4) is 0 Å². The topological polar surface area (TPSA) is 67.4 Å². The van der Waals surface area contributed by atoms with Crippen molar-refractivity contribution in [1.82, 2.24) is 5.32 Å². The summed E-state index contributed by atoms with van der Waals surface area (Å²) >= 11 is 0. The fourth-order valence-corrected chi connectivity index (χ4v) is 1.11. The molecule has 2 N–H and O–H groups in total. The third-order valence-corrected chi connectivity index (χ3v) is 1.93. The van der Waals surface area contributed by atoms with Crippen LogP contribution in [0.25, 0.3) is 0 Å². The van der Waals surface area contributed by atoms with Gasteiger partial charge in [-0.15, -0.1) is 0 Å². The first-order valence-corrected chi connectivity index (χ1v) is 5.20. The van der Waals surface area contributed by atoms with Crippen LogP contribution in [-0.2, 0) is 14.3 Å². The molecule has 0 saturated heterocycles. The van der Waals surface area contributed by atoms with Gasteiger partial charge in [-0.3, -0.25) is 9.59 Å². The molecule has 0 atom stereocenters. The summed E-state index contributed by atoms with van der Waals surface area (Å²) in [6, 6.07) is 5.10. The summed E-state index contributed by atoms with van der Waals surface area (Å²) in [6.45, 7) is 3.76. The first-order valence-electron chi connectivity index (χ1n) is 5.20. The van der Waals surface area contributed by atoms with Crippen LogP contribution in [0.15, 0.2) is 37.1 Å². The minimum atomic E-state index is -0.819. The molecule has 1 aromatic rings. The van der Waals surface area contributed by atoms with Crippen LogP contribution >= 0.6 is 0 Å². The van der Waals surface area contributed by atoms with E-state index < -0.39 is 17.6 Å². The number of rotatable bonds is 5. The SMILES string of the molecule is C=COCCNC(=O)C(=O)Nc1ccc(F)cc1. The van der Waals surface area contributed by atoms with Gasteiger partial charge in [0.05, 0.1) is 12.8 Å². The zero-order valence-electron chi connectivity index (χ0n) is 9.61. The van der Waals surface area contributed by atoms with E-state index in [0.29, 0.717) is 5.69 Å². The van der Waals surface area contributed by atoms with Crippen LogP contribution in [0.1, 0.15) is 0 Å². The summed E-state index contributed by atoms with van der Waals surface area (Å²) in [5.74, 6) is -2.02. The Balaban J connectivity index is 2.37. The Labute approximate surface area is 104 Å². The number of hydrogen-bond donors (Lipinski definition) is 2. The Bertz CT molecular complexity index is 431. The maximum atomic E-state index is 12.6. The normalized spacial score (nSPS) is 9.39. The van der Waals surface area contributed by atoms with Gasteiger partial charge in [0.2, 0.25) is 0 Å². The van der Waals surface area contributed by atoms with Crippen LogP contribution in [0, 0.1) is 5.82 Å². The Morgan fingerprint density at radius 3 is 2.56 bits per heavy atom. The molecule has 0 aliphatic rings. The van der Waals surface area contributed by atoms with Crippen LogP contribution in [-0.4, -0.2) is 25.0 Å². The molecule has 6 heteroatoms. The molecule has 0 aromatic heterocycles. The lowest BCUT2D eigenvalue weighted by atomic mass is 10.3. The lowest BCUT2D eigenvalue weighted by Gasteiger charge is -2.06. The first-order chi connectivity index (χ1) is 8.63. The number of anilines is 1. The molecule has 0 aliphatic heterocycles. The van der Waals surface area contributed by atoms with Crippen molar-refractivity contribution in [2.75, 3.05) is 18.5 Å². The summed E-state index contributed by atoms with van der Waals surface area (Å²) in [4.78, 5) is 22.7. The molecular weight excluding hydrogens is 239 g/mol. The predicted octanol–water partition coefficient (Wildman–Crippen LogP) is 1.04. The van der Waals surface area contributed by atoms with Gasteiger partial charge in [0, 0.05) is 5.69 Å². The Kier molecular flexibility index (Phi) is 5.37. The van der Waals surface area contributed by atoms with Gasteiger partial charge in [0.25, 0.3) is 0 Å². The summed E-state index contributed by atoms with van der Waals surface area (Å²) in [5, 5.41) is 4.68.